The summed E-state index contributed by atoms with van der Waals surface area (Å²) in [4.78, 5) is 12.0. The number of carbonyl (C=O) groups is 1. The van der Waals surface area contributed by atoms with Crippen LogP contribution < -0.4 is 5.32 Å². The number of hydrogen-bond acceptors (Lipinski definition) is 2. The first-order valence-corrected chi connectivity index (χ1v) is 10.3. The van der Waals surface area contributed by atoms with Crippen molar-refractivity contribution in [3.63, 3.8) is 0 Å². The van der Waals surface area contributed by atoms with Crippen LogP contribution >= 0.6 is 0 Å². The summed E-state index contributed by atoms with van der Waals surface area (Å²) in [7, 11) is 0. The molecule has 1 aliphatic heterocycles. The van der Waals surface area contributed by atoms with Crippen molar-refractivity contribution < 1.29 is 9.53 Å². The summed E-state index contributed by atoms with van der Waals surface area (Å²) in [5, 5.41) is 5.95. The van der Waals surface area contributed by atoms with Crippen LogP contribution in [0.25, 0.3) is 10.8 Å². The van der Waals surface area contributed by atoms with Gasteiger partial charge in [-0.05, 0) is 58.3 Å². The largest absolute Gasteiger partial charge is 0.373 e. The predicted molar refractivity (Wildman–Crippen MR) is 107 cm³/mol. The number of fused-ring (bicyclic) bond motifs is 2. The van der Waals surface area contributed by atoms with Crippen LogP contribution in [0.4, 0.5) is 0 Å². The highest BCUT2D eigenvalue weighted by Crippen LogP contribution is 2.70. The summed E-state index contributed by atoms with van der Waals surface area (Å²) >= 11 is 0. The molecule has 2 aromatic rings. The van der Waals surface area contributed by atoms with Crippen molar-refractivity contribution in [1.82, 2.24) is 5.32 Å². The van der Waals surface area contributed by atoms with Crippen LogP contribution in [0.3, 0.4) is 0 Å². The third-order valence-corrected chi connectivity index (χ3v) is 7.98. The monoisotopic (exact) mass is 363 g/mol. The molecule has 5 atom stereocenters. The molecule has 142 valence electrons. The van der Waals surface area contributed by atoms with E-state index in [4.69, 9.17) is 4.74 Å². The minimum Gasteiger partial charge on any atom is -0.373 e. The molecule has 1 unspecified atom stereocenters. The molecule has 3 nitrogen and oxygen atoms in total. The molecular weight excluding hydrogens is 334 g/mol. The quantitative estimate of drug-likeness (QED) is 0.828. The predicted octanol–water partition coefficient (Wildman–Crippen LogP) is 4.86. The highest BCUT2D eigenvalue weighted by molar-refractivity contribution is 5.86. The van der Waals surface area contributed by atoms with Crippen LogP contribution in [0.15, 0.2) is 42.5 Å². The second-order valence-electron chi connectivity index (χ2n) is 9.54. The number of hydrogen-bond donors (Lipinski definition) is 1. The third kappa shape index (κ3) is 2.34. The Labute approximate surface area is 161 Å². The van der Waals surface area contributed by atoms with Crippen molar-refractivity contribution in [3.8, 4) is 0 Å². The van der Waals surface area contributed by atoms with E-state index in [-0.39, 0.29) is 28.9 Å². The number of carbonyl (C=O) groups excluding carboxylic acids is 1. The highest BCUT2D eigenvalue weighted by Gasteiger charge is 2.68. The van der Waals surface area contributed by atoms with E-state index >= 15 is 0 Å². The van der Waals surface area contributed by atoms with Gasteiger partial charge in [-0.25, -0.2) is 0 Å². The van der Waals surface area contributed by atoms with Crippen LogP contribution in [-0.2, 0) is 9.53 Å². The van der Waals surface area contributed by atoms with E-state index in [9.17, 15) is 4.79 Å². The minimum absolute atomic E-state index is 0.0990. The van der Waals surface area contributed by atoms with E-state index < -0.39 is 0 Å². The summed E-state index contributed by atoms with van der Waals surface area (Å²) in [5.74, 6) is 1.23. The van der Waals surface area contributed by atoms with Crippen LogP contribution in [0, 0.1) is 22.7 Å². The second kappa shape index (κ2) is 5.81. The van der Waals surface area contributed by atoms with E-state index in [2.05, 4.69) is 61.6 Å². The summed E-state index contributed by atoms with van der Waals surface area (Å²) in [6, 6.07) is 15.5. The molecule has 1 amide bonds. The molecule has 3 heteroatoms. The Morgan fingerprint density at radius 1 is 1.15 bits per heavy atom. The van der Waals surface area contributed by atoms with Gasteiger partial charge in [0.05, 0.1) is 6.10 Å². The smallest absolute Gasteiger partial charge is 0.217 e. The normalized spacial score (nSPS) is 36.6. The van der Waals surface area contributed by atoms with Crippen molar-refractivity contribution in [2.45, 2.75) is 52.2 Å². The molecule has 0 radical (unpaired) electrons. The summed E-state index contributed by atoms with van der Waals surface area (Å²) < 4.78 is 6.44. The highest BCUT2D eigenvalue weighted by atomic mass is 16.5. The molecule has 2 aliphatic carbocycles. The molecule has 1 saturated heterocycles. The fourth-order valence-corrected chi connectivity index (χ4v) is 6.80. The number of amides is 1. The van der Waals surface area contributed by atoms with E-state index in [0.717, 1.165) is 13.0 Å². The molecule has 3 aliphatic rings. The third-order valence-electron chi connectivity index (χ3n) is 7.98. The van der Waals surface area contributed by atoms with Gasteiger partial charge in [0.1, 0.15) is 0 Å². The van der Waals surface area contributed by atoms with Gasteiger partial charge < -0.3 is 10.1 Å². The molecule has 5 rings (SSSR count). The lowest BCUT2D eigenvalue weighted by atomic mass is 9.58. The molecule has 1 N–H and O–H groups in total. The van der Waals surface area contributed by atoms with Gasteiger partial charge in [-0.1, -0.05) is 56.3 Å². The lowest BCUT2D eigenvalue weighted by molar-refractivity contribution is -0.135. The van der Waals surface area contributed by atoms with Crippen molar-refractivity contribution in [2.75, 3.05) is 6.61 Å². The molecular formula is C24H29NO2. The van der Waals surface area contributed by atoms with E-state index in [0.29, 0.717) is 11.8 Å². The van der Waals surface area contributed by atoms with Gasteiger partial charge in [-0.3, -0.25) is 4.79 Å². The van der Waals surface area contributed by atoms with E-state index in [1.165, 1.54) is 29.2 Å². The first-order chi connectivity index (χ1) is 12.9. The number of nitrogens with one attached hydrogen (secondary N) is 1. The zero-order valence-corrected chi connectivity index (χ0v) is 16.5. The Morgan fingerprint density at radius 3 is 2.74 bits per heavy atom. The first-order valence-electron chi connectivity index (χ1n) is 10.3. The minimum atomic E-state index is 0.0990. The molecule has 0 aromatic heterocycles. The van der Waals surface area contributed by atoms with E-state index in [1.807, 2.05) is 0 Å². The Hall–Kier alpha value is -1.87. The SMILES string of the molecule is CC(=O)N[C@H]1C(C)(C)[C@@H]2C[C@@H]3[C@@H](c4cccc5ccccc45)OCCC31C2. The van der Waals surface area contributed by atoms with Crippen molar-refractivity contribution in [3.05, 3.63) is 48.0 Å². The first kappa shape index (κ1) is 17.2. The maximum atomic E-state index is 12.0. The van der Waals surface area contributed by atoms with E-state index in [1.54, 1.807) is 6.92 Å². The molecule has 2 bridgehead atoms. The average Bonchev–Trinajstić information content (AvgIpc) is 3.14. The standard InChI is InChI=1S/C24H29NO2/c1-15(26)25-22-23(2,3)17-13-20-21(27-12-11-24(20,22)14-17)19-10-6-8-16-7-4-5-9-18(16)19/h4-10,17,20-22H,11-14H2,1-3H3,(H,25,26)/t17-,20-,21-,22+,24?/m1/s1. The summed E-state index contributed by atoms with van der Waals surface area (Å²) in [6.45, 7) is 7.15. The van der Waals surface area contributed by atoms with Crippen molar-refractivity contribution in [1.29, 1.82) is 0 Å². The lowest BCUT2D eigenvalue weighted by Crippen LogP contribution is -2.58. The summed E-state index contributed by atoms with van der Waals surface area (Å²) in [6.07, 6.45) is 3.61. The van der Waals surface area contributed by atoms with Crippen LogP contribution in [0.5, 0.6) is 0 Å². The Morgan fingerprint density at radius 2 is 1.93 bits per heavy atom. The molecule has 27 heavy (non-hydrogen) atoms. The van der Waals surface area contributed by atoms with Gasteiger partial charge >= 0.3 is 0 Å². The van der Waals surface area contributed by atoms with Crippen LogP contribution in [0.1, 0.15) is 51.7 Å². The van der Waals surface area contributed by atoms with Gasteiger partial charge in [0.15, 0.2) is 0 Å². The maximum Gasteiger partial charge on any atom is 0.217 e. The van der Waals surface area contributed by atoms with Crippen molar-refractivity contribution >= 4 is 16.7 Å². The lowest BCUT2D eigenvalue weighted by Gasteiger charge is -2.53. The topological polar surface area (TPSA) is 38.3 Å². The molecule has 2 saturated carbocycles. The Kier molecular flexibility index (Phi) is 3.71. The zero-order valence-electron chi connectivity index (χ0n) is 16.5. The average molecular weight is 364 g/mol. The molecule has 3 fully saturated rings. The fraction of sp³-hybridized carbons (Fsp3) is 0.542. The number of ether oxygens (including phenoxy) is 1. The Balaban J connectivity index is 1.59. The second-order valence-corrected chi connectivity index (χ2v) is 9.54. The van der Waals surface area contributed by atoms with Gasteiger partial charge in [0.2, 0.25) is 5.91 Å². The molecule has 1 spiro atoms. The molecule has 1 heterocycles. The van der Waals surface area contributed by atoms with Crippen LogP contribution in [0.2, 0.25) is 0 Å². The van der Waals surface area contributed by atoms with Gasteiger partial charge in [-0.15, -0.1) is 0 Å². The van der Waals surface area contributed by atoms with Gasteiger partial charge in [-0.2, -0.15) is 0 Å². The fourth-order valence-electron chi connectivity index (χ4n) is 6.80. The van der Waals surface area contributed by atoms with Crippen molar-refractivity contribution in [2.24, 2.45) is 22.7 Å². The molecule has 2 aromatic carbocycles. The maximum absolute atomic E-state index is 12.0. The zero-order chi connectivity index (χ0) is 18.8. The Bertz CT molecular complexity index is 899. The number of rotatable bonds is 2. The van der Waals surface area contributed by atoms with Gasteiger partial charge in [0, 0.05) is 19.6 Å². The summed E-state index contributed by atoms with van der Waals surface area (Å²) in [5.41, 5.74) is 1.65. The van der Waals surface area contributed by atoms with Crippen LogP contribution in [-0.4, -0.2) is 18.6 Å². The number of benzene rings is 2. The van der Waals surface area contributed by atoms with Gasteiger partial charge in [0.25, 0.3) is 0 Å².